The van der Waals surface area contributed by atoms with Crippen molar-refractivity contribution in [3.63, 3.8) is 0 Å². The molecule has 21 nitrogen and oxygen atoms in total. The highest BCUT2D eigenvalue weighted by atomic mass is 16.5. The number of hydrogen-bond donors (Lipinski definition) is 10. The van der Waals surface area contributed by atoms with Gasteiger partial charge in [0, 0.05) is 44.2 Å². The zero-order valence-electron chi connectivity index (χ0n) is 38.7. The molecular weight excluding hydrogens is 865 g/mol. The SMILES string of the molecule is CCC(C)[C@H](NC(=O)[C@H](Cc1ccc(OC)cc1)NC(=O)[C@@H](NC(=O)[C@@H](N)CCCN=C(N)N)C(C)C)C(=O)N[C@@H](Cc1cnc[nH]1)C(=O)N1CC[C@H]1C(=O)N[C@@H](Cc1ccccc1)C(=O)O. The van der Waals surface area contributed by atoms with Crippen LogP contribution in [0.3, 0.4) is 0 Å². The van der Waals surface area contributed by atoms with Gasteiger partial charge in [-0.3, -0.25) is 33.8 Å². The van der Waals surface area contributed by atoms with Crippen molar-refractivity contribution in [2.45, 2.75) is 115 Å². The molecule has 1 saturated heterocycles. The number of likely N-dealkylation sites (tertiary alicyclic amines) is 1. The molecule has 21 heteroatoms. The van der Waals surface area contributed by atoms with E-state index in [1.54, 1.807) is 75.4 Å². The number of ether oxygens (including phenoxy) is 1. The molecule has 1 fully saturated rings. The van der Waals surface area contributed by atoms with Crippen molar-refractivity contribution in [1.82, 2.24) is 41.5 Å². The second-order valence-electron chi connectivity index (χ2n) is 17.0. The largest absolute Gasteiger partial charge is 0.497 e. The van der Waals surface area contributed by atoms with E-state index in [9.17, 15) is 38.7 Å². The minimum Gasteiger partial charge on any atom is -0.497 e. The van der Waals surface area contributed by atoms with Crippen LogP contribution in [0.2, 0.25) is 0 Å². The number of aliphatic imine (C=N–C) groups is 1. The first-order valence-corrected chi connectivity index (χ1v) is 22.4. The lowest BCUT2D eigenvalue weighted by Gasteiger charge is -2.42. The van der Waals surface area contributed by atoms with E-state index in [-0.39, 0.29) is 51.2 Å². The molecule has 364 valence electrons. The standard InChI is InChI=1S/C46H66N12O9/c1-6-27(4)38(43(63)54-34(23-30-24-50-25-52-30)44(64)58-20-18-36(58)41(61)55-35(45(65)66)22-28-11-8-7-9-12-28)57-40(60)33(21-29-14-16-31(67-5)17-15-29)53-42(62)37(26(2)3)56-39(59)32(47)13-10-19-51-46(48)49/h7-9,11-12,14-17,24-27,32-38H,6,10,13,18-23,47H2,1-5H3,(H,50,52)(H,53,62)(H,54,63)(H,55,61)(H,56,59)(H,57,60)(H,65,66)(H4,48,49,51)/t27?,32-,33-,34-,35-,36-,37-,38-/m0/s1. The van der Waals surface area contributed by atoms with E-state index in [0.717, 1.165) is 0 Å². The summed E-state index contributed by atoms with van der Waals surface area (Å²) in [5.74, 6) is -5.58. The average Bonchev–Trinajstić information content (AvgIpc) is 3.80. The number of rotatable bonds is 26. The topological polar surface area (TPSA) is 331 Å². The number of nitrogens with one attached hydrogen (secondary N) is 6. The summed E-state index contributed by atoms with van der Waals surface area (Å²) >= 11 is 0. The molecule has 3 aromatic rings. The molecule has 2 heterocycles. The Hall–Kier alpha value is -7.03. The van der Waals surface area contributed by atoms with E-state index in [1.807, 2.05) is 6.92 Å². The summed E-state index contributed by atoms with van der Waals surface area (Å²) in [6, 6.07) is 7.64. The number of nitrogens with two attached hydrogens (primary N) is 3. The predicted molar refractivity (Wildman–Crippen MR) is 249 cm³/mol. The van der Waals surface area contributed by atoms with Crippen LogP contribution in [0.25, 0.3) is 0 Å². The molecule has 1 aliphatic rings. The van der Waals surface area contributed by atoms with Crippen LogP contribution < -0.4 is 48.5 Å². The molecule has 0 radical (unpaired) electrons. The third kappa shape index (κ3) is 15.8. The maximum absolute atomic E-state index is 14.4. The molecule has 1 aromatic heterocycles. The molecule has 0 saturated carbocycles. The minimum absolute atomic E-state index is 0.0209. The Kier molecular flexibility index (Phi) is 20.1. The number of imidazole rings is 1. The molecule has 67 heavy (non-hydrogen) atoms. The van der Waals surface area contributed by atoms with Gasteiger partial charge in [-0.1, -0.05) is 76.6 Å². The maximum atomic E-state index is 14.4. The molecule has 0 aliphatic carbocycles. The van der Waals surface area contributed by atoms with Crippen molar-refractivity contribution in [3.8, 4) is 5.75 Å². The van der Waals surface area contributed by atoms with Crippen LogP contribution in [0.15, 0.2) is 72.1 Å². The second-order valence-corrected chi connectivity index (χ2v) is 17.0. The fourth-order valence-corrected chi connectivity index (χ4v) is 7.39. The van der Waals surface area contributed by atoms with Crippen molar-refractivity contribution >= 4 is 47.4 Å². The lowest BCUT2D eigenvalue weighted by Crippen LogP contribution is -2.65. The Morgan fingerprint density at radius 1 is 0.821 bits per heavy atom. The van der Waals surface area contributed by atoms with Gasteiger partial charge in [-0.05, 0) is 54.4 Å². The third-order valence-corrected chi connectivity index (χ3v) is 11.7. The molecule has 2 aromatic carbocycles. The number of H-pyrrole nitrogens is 1. The summed E-state index contributed by atoms with van der Waals surface area (Å²) in [6.45, 7) is 7.47. The number of aromatic nitrogens is 2. The Morgan fingerprint density at radius 2 is 1.45 bits per heavy atom. The number of carboxylic acids is 1. The van der Waals surface area contributed by atoms with Crippen LogP contribution in [0.5, 0.6) is 5.75 Å². The molecule has 1 unspecified atom stereocenters. The second kappa shape index (κ2) is 25.6. The van der Waals surface area contributed by atoms with Gasteiger partial charge in [0.2, 0.25) is 35.4 Å². The zero-order valence-corrected chi connectivity index (χ0v) is 38.7. The number of nitrogens with zero attached hydrogens (tertiary/aromatic N) is 3. The molecule has 0 bridgehead atoms. The first-order valence-electron chi connectivity index (χ1n) is 22.4. The Labute approximate surface area is 390 Å². The van der Waals surface area contributed by atoms with E-state index >= 15 is 0 Å². The lowest BCUT2D eigenvalue weighted by molar-refractivity contribution is -0.151. The van der Waals surface area contributed by atoms with Crippen LogP contribution in [0.1, 0.15) is 70.2 Å². The highest BCUT2D eigenvalue weighted by molar-refractivity contribution is 5.98. The van der Waals surface area contributed by atoms with Crippen molar-refractivity contribution in [1.29, 1.82) is 0 Å². The summed E-state index contributed by atoms with van der Waals surface area (Å²) in [7, 11) is 1.51. The summed E-state index contributed by atoms with van der Waals surface area (Å²) in [4.78, 5) is 108. The van der Waals surface area contributed by atoms with Gasteiger partial charge in [-0.25, -0.2) is 9.78 Å². The van der Waals surface area contributed by atoms with Gasteiger partial charge >= 0.3 is 5.97 Å². The monoisotopic (exact) mass is 931 g/mol. The number of carboxylic acid groups (broad SMARTS) is 1. The van der Waals surface area contributed by atoms with Crippen molar-refractivity contribution < 1.29 is 43.4 Å². The number of guanidine groups is 1. The van der Waals surface area contributed by atoms with Gasteiger partial charge in [-0.2, -0.15) is 0 Å². The Morgan fingerprint density at radius 3 is 2.01 bits per heavy atom. The van der Waals surface area contributed by atoms with E-state index < -0.39 is 95.5 Å². The molecule has 6 amide bonds. The summed E-state index contributed by atoms with van der Waals surface area (Å²) in [5.41, 5.74) is 18.7. The fraction of sp³-hybridized carbons (Fsp3) is 0.500. The van der Waals surface area contributed by atoms with Gasteiger partial charge in [0.05, 0.1) is 19.5 Å². The maximum Gasteiger partial charge on any atom is 0.326 e. The number of carbonyl (C=O) groups excluding carboxylic acids is 6. The molecule has 1 aliphatic heterocycles. The number of amides is 6. The minimum atomic E-state index is -1.26. The number of methoxy groups -OCH3 is 1. The van der Waals surface area contributed by atoms with Crippen LogP contribution >= 0.6 is 0 Å². The van der Waals surface area contributed by atoms with Gasteiger partial charge in [0.15, 0.2) is 5.96 Å². The van der Waals surface area contributed by atoms with Gasteiger partial charge in [0.1, 0.15) is 42.0 Å². The number of aliphatic carboxylic acids is 1. The molecule has 13 N–H and O–H groups in total. The first kappa shape index (κ1) is 52.6. The number of carbonyl (C=O) groups is 7. The van der Waals surface area contributed by atoms with Crippen molar-refractivity contribution in [2.24, 2.45) is 34.0 Å². The molecule has 4 rings (SSSR count). The van der Waals surface area contributed by atoms with Crippen LogP contribution in [-0.2, 0) is 52.8 Å². The number of benzene rings is 2. The molecule has 0 spiro atoms. The quantitative estimate of drug-likeness (QED) is 0.0280. The van der Waals surface area contributed by atoms with Crippen LogP contribution in [-0.4, -0.2) is 130 Å². The van der Waals surface area contributed by atoms with E-state index in [4.69, 9.17) is 21.9 Å². The van der Waals surface area contributed by atoms with Crippen molar-refractivity contribution in [2.75, 3.05) is 20.2 Å². The Balaban J connectivity index is 1.54. The smallest absolute Gasteiger partial charge is 0.326 e. The van der Waals surface area contributed by atoms with E-state index in [0.29, 0.717) is 35.4 Å². The van der Waals surface area contributed by atoms with Crippen LogP contribution in [0.4, 0.5) is 0 Å². The van der Waals surface area contributed by atoms with Gasteiger partial charge in [0.25, 0.3) is 0 Å². The van der Waals surface area contributed by atoms with Crippen molar-refractivity contribution in [3.05, 3.63) is 83.9 Å². The summed E-state index contributed by atoms with van der Waals surface area (Å²) < 4.78 is 5.29. The van der Waals surface area contributed by atoms with E-state index in [2.05, 4.69) is 41.5 Å². The highest BCUT2D eigenvalue weighted by Gasteiger charge is 2.43. The molecule has 8 atom stereocenters. The fourth-order valence-electron chi connectivity index (χ4n) is 7.39. The normalized spacial score (nSPS) is 16.3. The number of hydrogen-bond acceptors (Lipinski definition) is 11. The molecular formula is C46H66N12O9. The van der Waals surface area contributed by atoms with Gasteiger partial charge < -0.3 is 63.5 Å². The van der Waals surface area contributed by atoms with Gasteiger partial charge in [-0.15, -0.1) is 0 Å². The zero-order chi connectivity index (χ0) is 49.2. The van der Waals surface area contributed by atoms with Crippen LogP contribution in [0, 0.1) is 11.8 Å². The predicted octanol–water partition coefficient (Wildman–Crippen LogP) is -0.361. The highest BCUT2D eigenvalue weighted by Crippen LogP contribution is 2.21. The summed E-state index contributed by atoms with van der Waals surface area (Å²) in [6.07, 6.45) is 4.20. The average molecular weight is 931 g/mol. The Bertz CT molecular complexity index is 2150. The number of aromatic amines is 1. The third-order valence-electron chi connectivity index (χ3n) is 11.7. The first-order chi connectivity index (χ1) is 31.9. The summed E-state index contributed by atoms with van der Waals surface area (Å²) in [5, 5.41) is 23.6. The lowest BCUT2D eigenvalue weighted by atomic mass is 9.95. The van der Waals surface area contributed by atoms with E-state index in [1.165, 1.54) is 24.5 Å².